The number of anilines is 1. The van der Waals surface area contributed by atoms with Crippen LogP contribution < -0.4 is 5.32 Å². The standard InChI is InChI=1S/C16H15N3O/c1-3-13-6-4-5-11(2)15(13)19-16(20)14-9-12(10-17)7-8-18-14/h4-9H,3H2,1-2H3,(H,19,20). The number of hydrogen-bond donors (Lipinski definition) is 1. The molecule has 2 aromatic rings. The first-order chi connectivity index (χ1) is 9.65. The SMILES string of the molecule is CCc1cccc(C)c1NC(=O)c1cc(C#N)ccn1. The molecule has 20 heavy (non-hydrogen) atoms. The third kappa shape index (κ3) is 2.83. The molecule has 100 valence electrons. The van der Waals surface area contributed by atoms with Crippen LogP contribution >= 0.6 is 0 Å². The molecular weight excluding hydrogens is 250 g/mol. The van der Waals surface area contributed by atoms with Crippen molar-refractivity contribution in [1.29, 1.82) is 5.26 Å². The van der Waals surface area contributed by atoms with E-state index in [0.29, 0.717) is 5.56 Å². The predicted octanol–water partition coefficient (Wildman–Crippen LogP) is 3.08. The summed E-state index contributed by atoms with van der Waals surface area (Å²) < 4.78 is 0. The Balaban J connectivity index is 2.30. The quantitative estimate of drug-likeness (QED) is 0.927. The van der Waals surface area contributed by atoms with Crippen molar-refractivity contribution < 1.29 is 4.79 Å². The summed E-state index contributed by atoms with van der Waals surface area (Å²) in [6, 6.07) is 11.0. The first-order valence-electron chi connectivity index (χ1n) is 6.41. The number of para-hydroxylation sites is 1. The molecule has 0 spiro atoms. The van der Waals surface area contributed by atoms with Crippen molar-refractivity contribution in [3.63, 3.8) is 0 Å². The van der Waals surface area contributed by atoms with Crippen LogP contribution in [0.2, 0.25) is 0 Å². The van der Waals surface area contributed by atoms with E-state index in [-0.39, 0.29) is 11.6 Å². The zero-order valence-electron chi connectivity index (χ0n) is 11.5. The predicted molar refractivity (Wildman–Crippen MR) is 77.5 cm³/mol. The summed E-state index contributed by atoms with van der Waals surface area (Å²) in [5, 5.41) is 11.7. The number of nitrogens with one attached hydrogen (secondary N) is 1. The fraction of sp³-hybridized carbons (Fsp3) is 0.188. The molecule has 0 aliphatic carbocycles. The van der Waals surface area contributed by atoms with Crippen LogP contribution in [0.25, 0.3) is 0 Å². The second kappa shape index (κ2) is 5.98. The molecule has 0 radical (unpaired) electrons. The molecule has 0 atom stereocenters. The van der Waals surface area contributed by atoms with Gasteiger partial charge in [-0.1, -0.05) is 25.1 Å². The number of amides is 1. The molecule has 4 heteroatoms. The minimum absolute atomic E-state index is 0.245. The van der Waals surface area contributed by atoms with Gasteiger partial charge in [0.25, 0.3) is 5.91 Å². The number of aryl methyl sites for hydroxylation is 2. The third-order valence-corrected chi connectivity index (χ3v) is 3.10. The van der Waals surface area contributed by atoms with Gasteiger partial charge in [-0.05, 0) is 36.6 Å². The molecule has 1 aromatic carbocycles. The molecule has 0 saturated heterocycles. The maximum Gasteiger partial charge on any atom is 0.274 e. The molecule has 0 saturated carbocycles. The van der Waals surface area contributed by atoms with Crippen molar-refractivity contribution in [2.24, 2.45) is 0 Å². The Kier molecular flexibility index (Phi) is 4.11. The van der Waals surface area contributed by atoms with E-state index < -0.39 is 0 Å². The molecule has 0 bridgehead atoms. The van der Waals surface area contributed by atoms with Crippen LogP contribution in [-0.2, 0) is 6.42 Å². The van der Waals surface area contributed by atoms with Crippen molar-refractivity contribution in [1.82, 2.24) is 4.98 Å². The lowest BCUT2D eigenvalue weighted by Gasteiger charge is -2.12. The number of carbonyl (C=O) groups is 1. The highest BCUT2D eigenvalue weighted by Gasteiger charge is 2.12. The van der Waals surface area contributed by atoms with Crippen LogP contribution in [0.3, 0.4) is 0 Å². The Hall–Kier alpha value is -2.67. The van der Waals surface area contributed by atoms with E-state index in [1.807, 2.05) is 38.1 Å². The van der Waals surface area contributed by atoms with Crippen LogP contribution in [0.15, 0.2) is 36.5 Å². The first-order valence-corrected chi connectivity index (χ1v) is 6.41. The highest BCUT2D eigenvalue weighted by molar-refractivity contribution is 6.03. The molecule has 1 amide bonds. The van der Waals surface area contributed by atoms with E-state index in [1.165, 1.54) is 12.3 Å². The molecule has 0 aliphatic rings. The number of hydrogen-bond acceptors (Lipinski definition) is 3. The lowest BCUT2D eigenvalue weighted by molar-refractivity contribution is 0.102. The Bertz CT molecular complexity index is 686. The third-order valence-electron chi connectivity index (χ3n) is 3.10. The van der Waals surface area contributed by atoms with Gasteiger partial charge in [0.15, 0.2) is 0 Å². The Morgan fingerprint density at radius 1 is 1.40 bits per heavy atom. The number of nitrogens with zero attached hydrogens (tertiary/aromatic N) is 2. The topological polar surface area (TPSA) is 65.8 Å². The van der Waals surface area contributed by atoms with Gasteiger partial charge in [0.05, 0.1) is 11.6 Å². The highest BCUT2D eigenvalue weighted by Crippen LogP contribution is 2.21. The average Bonchev–Trinajstić information content (AvgIpc) is 2.49. The lowest BCUT2D eigenvalue weighted by Crippen LogP contribution is -2.15. The van der Waals surface area contributed by atoms with Gasteiger partial charge in [-0.3, -0.25) is 9.78 Å². The number of carbonyl (C=O) groups excluding carboxylic acids is 1. The maximum atomic E-state index is 12.2. The fourth-order valence-corrected chi connectivity index (χ4v) is 2.00. The Labute approximate surface area is 118 Å². The van der Waals surface area contributed by atoms with E-state index in [0.717, 1.165) is 23.2 Å². The number of nitriles is 1. The summed E-state index contributed by atoms with van der Waals surface area (Å²) in [4.78, 5) is 16.2. The molecule has 1 heterocycles. The van der Waals surface area contributed by atoms with E-state index in [4.69, 9.17) is 5.26 Å². The van der Waals surface area contributed by atoms with Crippen LogP contribution in [0, 0.1) is 18.3 Å². The summed E-state index contributed by atoms with van der Waals surface area (Å²) >= 11 is 0. The van der Waals surface area contributed by atoms with E-state index in [2.05, 4.69) is 10.3 Å². The summed E-state index contributed by atoms with van der Waals surface area (Å²) in [5.41, 5.74) is 3.58. The lowest BCUT2D eigenvalue weighted by atomic mass is 10.1. The van der Waals surface area contributed by atoms with Crippen molar-refractivity contribution in [2.45, 2.75) is 20.3 Å². The highest BCUT2D eigenvalue weighted by atomic mass is 16.1. The molecule has 0 aliphatic heterocycles. The van der Waals surface area contributed by atoms with Crippen molar-refractivity contribution in [3.05, 3.63) is 58.9 Å². The van der Waals surface area contributed by atoms with Crippen LogP contribution in [-0.4, -0.2) is 10.9 Å². The molecule has 1 aromatic heterocycles. The van der Waals surface area contributed by atoms with Crippen LogP contribution in [0.4, 0.5) is 5.69 Å². The minimum atomic E-state index is -0.300. The monoisotopic (exact) mass is 265 g/mol. The van der Waals surface area contributed by atoms with Gasteiger partial charge in [0.2, 0.25) is 0 Å². The maximum absolute atomic E-state index is 12.2. The average molecular weight is 265 g/mol. The molecule has 0 fully saturated rings. The van der Waals surface area contributed by atoms with Gasteiger partial charge in [-0.25, -0.2) is 0 Å². The first kappa shape index (κ1) is 13.8. The van der Waals surface area contributed by atoms with E-state index >= 15 is 0 Å². The van der Waals surface area contributed by atoms with Gasteiger partial charge in [-0.15, -0.1) is 0 Å². The van der Waals surface area contributed by atoms with Crippen LogP contribution in [0.1, 0.15) is 34.1 Å². The van der Waals surface area contributed by atoms with Crippen LogP contribution in [0.5, 0.6) is 0 Å². The summed E-state index contributed by atoms with van der Waals surface area (Å²) in [6.45, 7) is 3.99. The van der Waals surface area contributed by atoms with Gasteiger partial charge in [0, 0.05) is 11.9 Å². The van der Waals surface area contributed by atoms with E-state index in [1.54, 1.807) is 6.07 Å². The normalized spacial score (nSPS) is 9.85. The number of rotatable bonds is 3. The van der Waals surface area contributed by atoms with Gasteiger partial charge < -0.3 is 5.32 Å². The van der Waals surface area contributed by atoms with Crippen molar-refractivity contribution in [3.8, 4) is 6.07 Å². The van der Waals surface area contributed by atoms with Crippen molar-refractivity contribution in [2.75, 3.05) is 5.32 Å². The second-order valence-corrected chi connectivity index (χ2v) is 4.46. The largest absolute Gasteiger partial charge is 0.320 e. The number of aromatic nitrogens is 1. The Morgan fingerprint density at radius 2 is 2.20 bits per heavy atom. The summed E-state index contributed by atoms with van der Waals surface area (Å²) in [5.74, 6) is -0.300. The second-order valence-electron chi connectivity index (χ2n) is 4.46. The molecule has 2 rings (SSSR count). The molecule has 1 N–H and O–H groups in total. The minimum Gasteiger partial charge on any atom is -0.320 e. The molecule has 4 nitrogen and oxygen atoms in total. The van der Waals surface area contributed by atoms with Gasteiger partial charge in [-0.2, -0.15) is 5.26 Å². The summed E-state index contributed by atoms with van der Waals surface area (Å²) in [7, 11) is 0. The number of pyridine rings is 1. The summed E-state index contributed by atoms with van der Waals surface area (Å²) in [6.07, 6.45) is 2.30. The Morgan fingerprint density at radius 3 is 2.90 bits per heavy atom. The molecule has 0 unspecified atom stereocenters. The van der Waals surface area contributed by atoms with Gasteiger partial charge >= 0.3 is 0 Å². The van der Waals surface area contributed by atoms with Crippen molar-refractivity contribution >= 4 is 11.6 Å². The number of benzene rings is 1. The smallest absolute Gasteiger partial charge is 0.274 e. The van der Waals surface area contributed by atoms with E-state index in [9.17, 15) is 4.79 Å². The zero-order valence-corrected chi connectivity index (χ0v) is 11.5. The van der Waals surface area contributed by atoms with Gasteiger partial charge in [0.1, 0.15) is 5.69 Å². The zero-order chi connectivity index (χ0) is 14.5. The fourth-order valence-electron chi connectivity index (χ4n) is 2.00. The molecular formula is C16H15N3O.